The number of rotatable bonds is 7. The highest BCUT2D eigenvalue weighted by Crippen LogP contribution is 2.34. The zero-order valence-electron chi connectivity index (χ0n) is 16.2. The number of esters is 1. The summed E-state index contributed by atoms with van der Waals surface area (Å²) in [5.41, 5.74) is -0.841. The number of carbonyl (C=O) groups excluding carboxylic acids is 3. The first-order valence-electron chi connectivity index (χ1n) is 10.0. The van der Waals surface area contributed by atoms with Gasteiger partial charge in [0.2, 0.25) is 5.91 Å². The van der Waals surface area contributed by atoms with Crippen molar-refractivity contribution >= 4 is 29.7 Å². The summed E-state index contributed by atoms with van der Waals surface area (Å²) in [6, 6.07) is 0.386. The molecule has 7 nitrogen and oxygen atoms in total. The van der Waals surface area contributed by atoms with Crippen LogP contribution in [0.5, 0.6) is 0 Å². The Morgan fingerprint density at radius 3 is 2.70 bits per heavy atom. The molecule has 2 heterocycles. The van der Waals surface area contributed by atoms with E-state index in [1.54, 1.807) is 0 Å². The molecular formula is C19H31N3O4S. The number of hydrogen-bond donors (Lipinski definition) is 3. The summed E-state index contributed by atoms with van der Waals surface area (Å²) in [5.74, 6) is 1.15. The molecule has 0 aromatic rings. The van der Waals surface area contributed by atoms with Crippen molar-refractivity contribution in [2.75, 3.05) is 12.9 Å². The minimum atomic E-state index is -0.841. The molecule has 0 aromatic heterocycles. The van der Waals surface area contributed by atoms with Gasteiger partial charge in [0.05, 0.1) is 19.2 Å². The van der Waals surface area contributed by atoms with E-state index in [1.165, 1.54) is 7.11 Å². The first kappa shape index (κ1) is 20.3. The summed E-state index contributed by atoms with van der Waals surface area (Å²) in [7, 11) is 1.39. The summed E-state index contributed by atoms with van der Waals surface area (Å²) >= 11 is 1.89. The summed E-state index contributed by atoms with van der Waals surface area (Å²) in [4.78, 5) is 36.2. The van der Waals surface area contributed by atoms with Gasteiger partial charge in [-0.25, -0.2) is 9.59 Å². The number of amides is 3. The van der Waals surface area contributed by atoms with Gasteiger partial charge in [0.15, 0.2) is 0 Å². The van der Waals surface area contributed by atoms with Crippen LogP contribution in [-0.4, -0.2) is 53.6 Å². The van der Waals surface area contributed by atoms with Gasteiger partial charge in [-0.1, -0.05) is 13.3 Å². The molecule has 3 N–H and O–H groups in total. The zero-order chi connectivity index (χ0) is 19.4. The quantitative estimate of drug-likeness (QED) is 0.347. The molecule has 152 valence electrons. The SMILES string of the molecule is COC(=O)C1(NC(=O)CCCC[C@@H]2SC[C@@H]3NC(=O)N[C@@H]32)CCC(C)CC1. The fourth-order valence-electron chi connectivity index (χ4n) is 4.43. The summed E-state index contributed by atoms with van der Waals surface area (Å²) in [6.45, 7) is 2.18. The van der Waals surface area contributed by atoms with Crippen LogP contribution in [0.1, 0.15) is 58.3 Å². The van der Waals surface area contributed by atoms with Crippen LogP contribution in [0.15, 0.2) is 0 Å². The molecule has 27 heavy (non-hydrogen) atoms. The Morgan fingerprint density at radius 1 is 1.26 bits per heavy atom. The largest absolute Gasteiger partial charge is 0.467 e. The van der Waals surface area contributed by atoms with E-state index in [0.717, 1.165) is 37.9 Å². The minimum Gasteiger partial charge on any atom is -0.467 e. The van der Waals surface area contributed by atoms with E-state index >= 15 is 0 Å². The lowest BCUT2D eigenvalue weighted by Crippen LogP contribution is -2.56. The Labute approximate surface area is 165 Å². The first-order chi connectivity index (χ1) is 12.9. The lowest BCUT2D eigenvalue weighted by Gasteiger charge is -2.37. The van der Waals surface area contributed by atoms with Gasteiger partial charge in [-0.05, 0) is 44.4 Å². The number of thioether (sulfide) groups is 1. The van der Waals surface area contributed by atoms with Crippen LogP contribution in [0.2, 0.25) is 0 Å². The molecular weight excluding hydrogens is 366 g/mol. The molecule has 0 unspecified atom stereocenters. The minimum absolute atomic E-state index is 0.0652. The average molecular weight is 398 g/mol. The molecule has 8 heteroatoms. The van der Waals surface area contributed by atoms with Gasteiger partial charge >= 0.3 is 12.0 Å². The van der Waals surface area contributed by atoms with Crippen molar-refractivity contribution in [2.24, 2.45) is 5.92 Å². The summed E-state index contributed by atoms with van der Waals surface area (Å²) in [5, 5.41) is 9.34. The van der Waals surface area contributed by atoms with Crippen molar-refractivity contribution in [3.8, 4) is 0 Å². The molecule has 3 aliphatic rings. The van der Waals surface area contributed by atoms with E-state index < -0.39 is 5.54 Å². The van der Waals surface area contributed by atoms with Gasteiger partial charge in [0, 0.05) is 17.4 Å². The van der Waals surface area contributed by atoms with Crippen molar-refractivity contribution in [3.05, 3.63) is 0 Å². The molecule has 3 atom stereocenters. The van der Waals surface area contributed by atoms with E-state index in [9.17, 15) is 14.4 Å². The topological polar surface area (TPSA) is 96.5 Å². The van der Waals surface area contributed by atoms with Crippen molar-refractivity contribution in [2.45, 2.75) is 81.2 Å². The Bertz CT molecular complexity index is 577. The number of unbranched alkanes of at least 4 members (excludes halogenated alkanes) is 1. The monoisotopic (exact) mass is 397 g/mol. The zero-order valence-corrected chi connectivity index (χ0v) is 17.0. The van der Waals surface area contributed by atoms with E-state index in [-0.39, 0.29) is 30.0 Å². The van der Waals surface area contributed by atoms with Crippen molar-refractivity contribution < 1.29 is 19.1 Å². The van der Waals surface area contributed by atoms with Crippen LogP contribution in [-0.2, 0) is 14.3 Å². The Morgan fingerprint density at radius 2 is 2.00 bits per heavy atom. The maximum Gasteiger partial charge on any atom is 0.331 e. The maximum absolute atomic E-state index is 12.4. The molecule has 1 aliphatic carbocycles. The average Bonchev–Trinajstić information content (AvgIpc) is 3.19. The second kappa shape index (κ2) is 8.71. The third kappa shape index (κ3) is 4.70. The van der Waals surface area contributed by atoms with Gasteiger partial charge in [-0.15, -0.1) is 0 Å². The number of methoxy groups -OCH3 is 1. The molecule has 0 spiro atoms. The van der Waals surface area contributed by atoms with Gasteiger partial charge < -0.3 is 20.7 Å². The van der Waals surface area contributed by atoms with Crippen LogP contribution in [0.25, 0.3) is 0 Å². The fourth-order valence-corrected chi connectivity index (χ4v) is 5.98. The van der Waals surface area contributed by atoms with Crippen molar-refractivity contribution in [1.82, 2.24) is 16.0 Å². The van der Waals surface area contributed by atoms with Crippen molar-refractivity contribution in [3.63, 3.8) is 0 Å². The van der Waals surface area contributed by atoms with E-state index in [0.29, 0.717) is 30.4 Å². The molecule has 2 saturated heterocycles. The molecule has 3 amide bonds. The normalized spacial score (nSPS) is 35.1. The van der Waals surface area contributed by atoms with E-state index in [1.807, 2.05) is 11.8 Å². The number of fused-ring (bicyclic) bond motifs is 1. The van der Waals surface area contributed by atoms with Crippen LogP contribution >= 0.6 is 11.8 Å². The Hall–Kier alpha value is -1.44. The third-order valence-electron chi connectivity index (χ3n) is 6.16. The van der Waals surface area contributed by atoms with Gasteiger partial charge in [0.25, 0.3) is 0 Å². The third-order valence-corrected chi connectivity index (χ3v) is 7.67. The highest BCUT2D eigenvalue weighted by atomic mass is 32.2. The Kier molecular flexibility index (Phi) is 6.55. The number of ether oxygens (including phenoxy) is 1. The second-order valence-electron chi connectivity index (χ2n) is 8.17. The lowest BCUT2D eigenvalue weighted by atomic mass is 9.77. The molecule has 3 rings (SSSR count). The molecule has 0 radical (unpaired) electrons. The molecule has 0 bridgehead atoms. The second-order valence-corrected chi connectivity index (χ2v) is 9.44. The van der Waals surface area contributed by atoms with Gasteiger partial charge in [0.1, 0.15) is 5.54 Å². The number of nitrogens with one attached hydrogen (secondary N) is 3. The highest BCUT2D eigenvalue weighted by molar-refractivity contribution is 8.00. The van der Waals surface area contributed by atoms with Crippen LogP contribution in [0, 0.1) is 5.92 Å². The Balaban J connectivity index is 1.41. The fraction of sp³-hybridized carbons (Fsp3) is 0.842. The van der Waals surface area contributed by atoms with Crippen LogP contribution < -0.4 is 16.0 Å². The predicted molar refractivity (Wildman–Crippen MR) is 104 cm³/mol. The number of hydrogen-bond acceptors (Lipinski definition) is 5. The molecule has 2 aliphatic heterocycles. The van der Waals surface area contributed by atoms with Crippen molar-refractivity contribution in [1.29, 1.82) is 0 Å². The maximum atomic E-state index is 12.4. The molecule has 0 aromatic carbocycles. The summed E-state index contributed by atoms with van der Waals surface area (Å²) < 4.78 is 4.97. The number of urea groups is 1. The number of carbonyl (C=O) groups is 3. The standard InChI is InChI=1S/C19H31N3O4S/c1-12-7-9-19(10-8-12,17(24)26-2)22-15(23)6-4-3-5-14-16-13(11-27-14)20-18(25)21-16/h12-14,16H,3-11H2,1-2H3,(H,22,23)(H2,20,21,25)/t12?,13-,14-,16-,19?/m0/s1. The predicted octanol–water partition coefficient (Wildman–Crippen LogP) is 1.95. The summed E-state index contributed by atoms with van der Waals surface area (Å²) in [6.07, 6.45) is 6.29. The van der Waals surface area contributed by atoms with Crippen LogP contribution in [0.3, 0.4) is 0 Å². The highest BCUT2D eigenvalue weighted by Gasteiger charge is 2.44. The smallest absolute Gasteiger partial charge is 0.331 e. The van der Waals surface area contributed by atoms with Gasteiger partial charge in [-0.3, -0.25) is 4.79 Å². The lowest BCUT2D eigenvalue weighted by molar-refractivity contribution is -0.153. The van der Waals surface area contributed by atoms with Crippen LogP contribution in [0.4, 0.5) is 4.79 Å². The van der Waals surface area contributed by atoms with E-state index in [2.05, 4.69) is 22.9 Å². The molecule has 1 saturated carbocycles. The van der Waals surface area contributed by atoms with Gasteiger partial charge in [-0.2, -0.15) is 11.8 Å². The first-order valence-corrected chi connectivity index (χ1v) is 11.1. The van der Waals surface area contributed by atoms with E-state index in [4.69, 9.17) is 4.74 Å². The molecule has 3 fully saturated rings.